The molecule has 0 radical (unpaired) electrons. The highest BCUT2D eigenvalue weighted by Gasteiger charge is 2.56. The van der Waals surface area contributed by atoms with Crippen LogP contribution in [0.1, 0.15) is 18.9 Å². The number of halogens is 4. The topological polar surface area (TPSA) is 101 Å². The Bertz CT molecular complexity index is 770. The third-order valence-corrected chi connectivity index (χ3v) is 5.01. The molecule has 0 spiro atoms. The van der Waals surface area contributed by atoms with Crippen molar-refractivity contribution in [1.82, 2.24) is 0 Å². The molecule has 0 saturated heterocycles. The number of rotatable bonds is 4. The minimum absolute atomic E-state index is 0.111. The van der Waals surface area contributed by atoms with Crippen LogP contribution in [0, 0.1) is 17.2 Å². The summed E-state index contributed by atoms with van der Waals surface area (Å²) in [5.41, 5.74) is 0.775. The maximum absolute atomic E-state index is 14.4. The molecule has 1 aromatic carbocycles. The number of carboxylic acid groups (broad SMARTS) is 2. The van der Waals surface area contributed by atoms with Crippen molar-refractivity contribution in [2.75, 3.05) is 5.73 Å². The molecule has 0 amide bonds. The first kappa shape index (κ1) is 19.1. The summed E-state index contributed by atoms with van der Waals surface area (Å²) in [7, 11) is 0. The summed E-state index contributed by atoms with van der Waals surface area (Å²) in [5, 5.41) is 19.0. The average Bonchev–Trinajstić information content (AvgIpc) is 2.49. The molecule has 136 valence electrons. The molecule has 4 N–H and O–H groups in total. The van der Waals surface area contributed by atoms with E-state index < -0.39 is 52.9 Å². The molecule has 0 aromatic heterocycles. The number of carbonyl (C=O) groups is 2. The minimum Gasteiger partial charge on any atom is -0.481 e. The maximum atomic E-state index is 14.4. The summed E-state index contributed by atoms with van der Waals surface area (Å²) in [4.78, 5) is 23.6. The van der Waals surface area contributed by atoms with Gasteiger partial charge in [0.25, 0.3) is 0 Å². The molecule has 0 fully saturated rings. The number of anilines is 1. The molecule has 5 nitrogen and oxygen atoms in total. The van der Waals surface area contributed by atoms with Gasteiger partial charge >= 0.3 is 11.9 Å². The third kappa shape index (κ3) is 2.95. The summed E-state index contributed by atoms with van der Waals surface area (Å²) in [6.45, 7) is 1.02. The van der Waals surface area contributed by atoms with Gasteiger partial charge in [-0.1, -0.05) is 23.8 Å². The molecule has 0 saturated carbocycles. The van der Waals surface area contributed by atoms with Crippen LogP contribution in [0.25, 0.3) is 0 Å². The van der Waals surface area contributed by atoms with Crippen LogP contribution in [0.2, 0.25) is 5.02 Å². The molecular formula is C16H15ClF3NO4. The number of benzene rings is 1. The van der Waals surface area contributed by atoms with Crippen LogP contribution >= 0.6 is 11.6 Å². The predicted molar refractivity (Wildman–Crippen MR) is 84.1 cm³/mol. The minimum atomic E-state index is -3.02. The first-order valence-electron chi connectivity index (χ1n) is 7.15. The van der Waals surface area contributed by atoms with Crippen LogP contribution in [0.15, 0.2) is 24.3 Å². The van der Waals surface area contributed by atoms with Crippen molar-refractivity contribution in [2.45, 2.75) is 25.2 Å². The Morgan fingerprint density at radius 3 is 2.40 bits per heavy atom. The fourth-order valence-electron chi connectivity index (χ4n) is 3.17. The van der Waals surface area contributed by atoms with Gasteiger partial charge in [-0.15, -0.1) is 0 Å². The molecule has 3 atom stereocenters. The van der Waals surface area contributed by atoms with Crippen molar-refractivity contribution in [3.05, 3.63) is 40.7 Å². The highest BCUT2D eigenvalue weighted by atomic mass is 35.5. The van der Waals surface area contributed by atoms with Crippen molar-refractivity contribution in [3.63, 3.8) is 0 Å². The zero-order chi connectivity index (χ0) is 19.2. The van der Waals surface area contributed by atoms with E-state index in [9.17, 15) is 33.0 Å². The highest BCUT2D eigenvalue weighted by molar-refractivity contribution is 6.33. The van der Waals surface area contributed by atoms with Crippen molar-refractivity contribution in [3.8, 4) is 0 Å². The van der Waals surface area contributed by atoms with Gasteiger partial charge in [0.1, 0.15) is 11.2 Å². The Labute approximate surface area is 145 Å². The van der Waals surface area contributed by atoms with Gasteiger partial charge in [-0.2, -0.15) is 0 Å². The van der Waals surface area contributed by atoms with Gasteiger partial charge in [0.05, 0.1) is 22.0 Å². The number of carboxylic acids is 2. The maximum Gasteiger partial charge on any atom is 0.318 e. The Morgan fingerprint density at radius 2 is 1.92 bits per heavy atom. The van der Waals surface area contributed by atoms with Crippen LogP contribution in [-0.4, -0.2) is 28.6 Å². The number of aliphatic carboxylic acids is 2. The van der Waals surface area contributed by atoms with Crippen LogP contribution in [0.5, 0.6) is 0 Å². The smallest absolute Gasteiger partial charge is 0.318 e. The fourth-order valence-corrected chi connectivity index (χ4v) is 3.32. The SMILES string of the molecule is CC1(C(=O)O)CC(C(=O)O)(c2cc(N)c(Cl)cc2F)C=CC1C(F)F. The number of nitrogen functional groups attached to an aromatic ring is 1. The average molecular weight is 378 g/mol. The quantitative estimate of drug-likeness (QED) is 0.552. The van der Waals surface area contributed by atoms with E-state index in [1.807, 2.05) is 0 Å². The van der Waals surface area contributed by atoms with Gasteiger partial charge in [0, 0.05) is 5.56 Å². The van der Waals surface area contributed by atoms with E-state index in [0.29, 0.717) is 0 Å². The lowest BCUT2D eigenvalue weighted by molar-refractivity contribution is -0.159. The van der Waals surface area contributed by atoms with Crippen LogP contribution in [-0.2, 0) is 15.0 Å². The second kappa shape index (κ2) is 6.25. The second-order valence-corrected chi connectivity index (χ2v) is 6.66. The van der Waals surface area contributed by atoms with Gasteiger partial charge in [-0.05, 0) is 25.5 Å². The largest absolute Gasteiger partial charge is 0.481 e. The highest BCUT2D eigenvalue weighted by Crippen LogP contribution is 2.50. The molecule has 3 unspecified atom stereocenters. The number of hydrogen-bond donors (Lipinski definition) is 3. The lowest BCUT2D eigenvalue weighted by Gasteiger charge is -2.42. The van der Waals surface area contributed by atoms with Crippen molar-refractivity contribution in [2.24, 2.45) is 11.3 Å². The van der Waals surface area contributed by atoms with E-state index in [-0.39, 0.29) is 10.7 Å². The first-order chi connectivity index (χ1) is 11.5. The Hall–Kier alpha value is -2.22. The molecular weight excluding hydrogens is 363 g/mol. The summed E-state index contributed by atoms with van der Waals surface area (Å²) < 4.78 is 40.9. The van der Waals surface area contributed by atoms with Crippen molar-refractivity contribution >= 4 is 29.2 Å². The third-order valence-electron chi connectivity index (χ3n) is 4.68. The van der Waals surface area contributed by atoms with E-state index in [0.717, 1.165) is 31.2 Å². The monoisotopic (exact) mass is 377 g/mol. The van der Waals surface area contributed by atoms with Gasteiger partial charge in [-0.3, -0.25) is 9.59 Å². The molecule has 9 heteroatoms. The predicted octanol–water partition coefficient (Wildman–Crippen LogP) is 3.32. The summed E-state index contributed by atoms with van der Waals surface area (Å²) >= 11 is 5.70. The number of alkyl halides is 2. The summed E-state index contributed by atoms with van der Waals surface area (Å²) in [5.74, 6) is -5.92. The van der Waals surface area contributed by atoms with Crippen LogP contribution < -0.4 is 5.73 Å². The molecule has 1 aliphatic carbocycles. The van der Waals surface area contributed by atoms with Gasteiger partial charge in [0.2, 0.25) is 6.43 Å². The second-order valence-electron chi connectivity index (χ2n) is 6.25. The summed E-state index contributed by atoms with van der Waals surface area (Å²) in [6, 6.07) is 1.79. The number of allylic oxidation sites excluding steroid dienone is 1. The van der Waals surface area contributed by atoms with E-state index >= 15 is 0 Å². The molecule has 0 bridgehead atoms. The number of nitrogens with two attached hydrogens (primary N) is 1. The van der Waals surface area contributed by atoms with Gasteiger partial charge in [0.15, 0.2) is 0 Å². The first-order valence-corrected chi connectivity index (χ1v) is 7.53. The van der Waals surface area contributed by atoms with Crippen molar-refractivity contribution < 1.29 is 33.0 Å². The Kier molecular flexibility index (Phi) is 4.78. The van der Waals surface area contributed by atoms with Gasteiger partial charge in [-0.25, -0.2) is 13.2 Å². The normalized spacial score (nSPS) is 29.0. The van der Waals surface area contributed by atoms with Crippen LogP contribution in [0.3, 0.4) is 0 Å². The lowest BCUT2D eigenvalue weighted by atomic mass is 9.59. The number of hydrogen-bond acceptors (Lipinski definition) is 3. The molecule has 1 aliphatic rings. The molecule has 1 aromatic rings. The van der Waals surface area contributed by atoms with Crippen molar-refractivity contribution in [1.29, 1.82) is 0 Å². The van der Waals surface area contributed by atoms with Crippen LogP contribution in [0.4, 0.5) is 18.9 Å². The molecule has 25 heavy (non-hydrogen) atoms. The zero-order valence-electron chi connectivity index (χ0n) is 13.0. The summed E-state index contributed by atoms with van der Waals surface area (Å²) in [6.07, 6.45) is -2.07. The van der Waals surface area contributed by atoms with E-state index in [1.165, 1.54) is 0 Å². The molecule has 0 heterocycles. The standard InChI is InChI=1S/C16H15ClF3NO4/c1-15(13(22)23)6-16(14(24)25,3-2-7(15)12(19)20)8-4-11(21)9(17)5-10(8)18/h2-5,7,12H,6,21H2,1H3,(H,22,23)(H,24,25). The molecule has 0 aliphatic heterocycles. The zero-order valence-corrected chi connectivity index (χ0v) is 13.7. The van der Waals surface area contributed by atoms with Gasteiger partial charge < -0.3 is 15.9 Å². The Balaban J connectivity index is 2.74. The van der Waals surface area contributed by atoms with E-state index in [1.54, 1.807) is 0 Å². The molecule has 2 rings (SSSR count). The van der Waals surface area contributed by atoms with E-state index in [2.05, 4.69) is 0 Å². The Morgan fingerprint density at radius 1 is 1.32 bits per heavy atom. The van der Waals surface area contributed by atoms with E-state index in [4.69, 9.17) is 17.3 Å². The lowest BCUT2D eigenvalue weighted by Crippen LogP contribution is -2.50. The fraction of sp³-hybridized carbons (Fsp3) is 0.375.